The molecule has 3 aromatic rings. The molecule has 2 N–H and O–H groups in total. The minimum Gasteiger partial charge on any atom is -0.493 e. The Morgan fingerprint density at radius 1 is 0.900 bits per heavy atom. The minimum atomic E-state index is -0.00188. The summed E-state index contributed by atoms with van der Waals surface area (Å²) < 4.78 is 11.0. The molecule has 30 heavy (non-hydrogen) atoms. The van der Waals surface area contributed by atoms with Crippen LogP contribution < -0.4 is 20.1 Å². The molecule has 3 aromatic carbocycles. The van der Waals surface area contributed by atoms with Gasteiger partial charge in [-0.25, -0.2) is 0 Å². The Morgan fingerprint density at radius 2 is 1.53 bits per heavy atom. The molecule has 0 saturated carbocycles. The Balaban J connectivity index is 1.60. The molecule has 0 atom stereocenters. The van der Waals surface area contributed by atoms with Crippen LogP contribution in [-0.4, -0.2) is 25.4 Å². The number of rotatable bonds is 9. The number of hydrogen-bond donors (Lipinski definition) is 2. The number of thiocarbonyl (C=S) groups is 1. The van der Waals surface area contributed by atoms with Gasteiger partial charge in [-0.3, -0.25) is 0 Å². The van der Waals surface area contributed by atoms with Crippen molar-refractivity contribution in [3.05, 3.63) is 95.6 Å². The quantitative estimate of drug-likeness (QED) is 0.483. The molecule has 5 heteroatoms. The monoisotopic (exact) mass is 420 g/mol. The van der Waals surface area contributed by atoms with Crippen LogP contribution in [0.5, 0.6) is 11.5 Å². The SMILES string of the molecule is CCOc1ccc(CCNC(=S)NC(c2ccccc2)c2ccccc2)cc1OC. The molecule has 0 amide bonds. The second-order valence-electron chi connectivity index (χ2n) is 6.82. The van der Waals surface area contributed by atoms with Crippen LogP contribution in [0.1, 0.15) is 29.7 Å². The Morgan fingerprint density at radius 3 is 2.10 bits per heavy atom. The normalized spacial score (nSPS) is 10.5. The smallest absolute Gasteiger partial charge is 0.167 e. The lowest BCUT2D eigenvalue weighted by atomic mass is 9.99. The van der Waals surface area contributed by atoms with Gasteiger partial charge in [0.2, 0.25) is 0 Å². The van der Waals surface area contributed by atoms with Gasteiger partial charge >= 0.3 is 0 Å². The third kappa shape index (κ3) is 5.97. The van der Waals surface area contributed by atoms with E-state index in [1.165, 1.54) is 11.1 Å². The molecule has 0 aliphatic heterocycles. The van der Waals surface area contributed by atoms with Crippen molar-refractivity contribution in [2.24, 2.45) is 0 Å². The molecule has 0 unspecified atom stereocenters. The Hall–Kier alpha value is -3.05. The minimum absolute atomic E-state index is 0.00188. The molecule has 0 spiro atoms. The van der Waals surface area contributed by atoms with Crippen LogP contribution in [0.2, 0.25) is 0 Å². The average Bonchev–Trinajstić information content (AvgIpc) is 2.79. The predicted molar refractivity (Wildman–Crippen MR) is 126 cm³/mol. The van der Waals surface area contributed by atoms with Crippen molar-refractivity contribution in [2.45, 2.75) is 19.4 Å². The van der Waals surface area contributed by atoms with Crippen LogP contribution in [0, 0.1) is 0 Å². The van der Waals surface area contributed by atoms with Gasteiger partial charge in [0, 0.05) is 6.54 Å². The molecule has 0 radical (unpaired) electrons. The van der Waals surface area contributed by atoms with Gasteiger partial charge in [-0.05, 0) is 54.4 Å². The summed E-state index contributed by atoms with van der Waals surface area (Å²) in [5.41, 5.74) is 3.50. The van der Waals surface area contributed by atoms with E-state index in [9.17, 15) is 0 Å². The average molecular weight is 421 g/mol. The van der Waals surface area contributed by atoms with Crippen LogP contribution in [0.15, 0.2) is 78.9 Å². The van der Waals surface area contributed by atoms with Crippen molar-refractivity contribution in [2.75, 3.05) is 20.3 Å². The molecule has 0 fully saturated rings. The van der Waals surface area contributed by atoms with Crippen molar-refractivity contribution in [1.29, 1.82) is 0 Å². The summed E-state index contributed by atoms with van der Waals surface area (Å²) in [6.45, 7) is 3.30. The number of benzene rings is 3. The zero-order valence-electron chi connectivity index (χ0n) is 17.4. The van der Waals surface area contributed by atoms with E-state index >= 15 is 0 Å². The van der Waals surface area contributed by atoms with Crippen LogP contribution in [-0.2, 0) is 6.42 Å². The summed E-state index contributed by atoms with van der Waals surface area (Å²) in [6.07, 6.45) is 0.825. The topological polar surface area (TPSA) is 42.5 Å². The lowest BCUT2D eigenvalue weighted by Crippen LogP contribution is -2.39. The standard InChI is InChI=1S/C25H28N2O2S/c1-3-29-22-15-14-19(18-23(22)28-2)16-17-26-25(30)27-24(20-10-6-4-7-11-20)21-12-8-5-9-13-21/h4-15,18,24H,3,16-17H2,1-2H3,(H2,26,27,30). The molecule has 0 saturated heterocycles. The first kappa shape index (κ1) is 21.7. The summed E-state index contributed by atoms with van der Waals surface area (Å²) >= 11 is 5.58. The van der Waals surface area contributed by atoms with Crippen molar-refractivity contribution in [3.8, 4) is 11.5 Å². The first-order valence-corrected chi connectivity index (χ1v) is 10.6. The van der Waals surface area contributed by atoms with Crippen molar-refractivity contribution < 1.29 is 9.47 Å². The van der Waals surface area contributed by atoms with E-state index in [-0.39, 0.29) is 6.04 Å². The highest BCUT2D eigenvalue weighted by Gasteiger charge is 2.14. The fourth-order valence-corrected chi connectivity index (χ4v) is 3.51. The van der Waals surface area contributed by atoms with Gasteiger partial charge in [-0.2, -0.15) is 0 Å². The number of nitrogens with one attached hydrogen (secondary N) is 2. The third-order valence-corrected chi connectivity index (χ3v) is 5.03. The summed E-state index contributed by atoms with van der Waals surface area (Å²) in [4.78, 5) is 0. The molecule has 0 heterocycles. The van der Waals surface area contributed by atoms with Crippen molar-refractivity contribution in [3.63, 3.8) is 0 Å². The van der Waals surface area contributed by atoms with E-state index in [1.807, 2.05) is 55.5 Å². The second kappa shape index (κ2) is 11.2. The van der Waals surface area contributed by atoms with Gasteiger partial charge in [-0.1, -0.05) is 66.7 Å². The second-order valence-corrected chi connectivity index (χ2v) is 7.23. The summed E-state index contributed by atoms with van der Waals surface area (Å²) in [5, 5.41) is 7.42. The maximum Gasteiger partial charge on any atom is 0.167 e. The highest BCUT2D eigenvalue weighted by atomic mass is 32.1. The third-order valence-electron chi connectivity index (χ3n) is 4.77. The highest BCUT2D eigenvalue weighted by molar-refractivity contribution is 7.80. The lowest BCUT2D eigenvalue weighted by Gasteiger charge is -2.22. The summed E-state index contributed by atoms with van der Waals surface area (Å²) in [7, 11) is 1.66. The van der Waals surface area contributed by atoms with Gasteiger partial charge in [0.15, 0.2) is 16.6 Å². The first-order chi connectivity index (χ1) is 14.7. The van der Waals surface area contributed by atoms with Crippen LogP contribution in [0.4, 0.5) is 0 Å². The fraction of sp³-hybridized carbons (Fsp3) is 0.240. The van der Waals surface area contributed by atoms with Gasteiger partial charge < -0.3 is 20.1 Å². The Labute approximate surface area is 184 Å². The van der Waals surface area contributed by atoms with Crippen molar-refractivity contribution in [1.82, 2.24) is 10.6 Å². The van der Waals surface area contributed by atoms with E-state index in [1.54, 1.807) is 7.11 Å². The van der Waals surface area contributed by atoms with E-state index < -0.39 is 0 Å². The first-order valence-electron chi connectivity index (χ1n) is 10.1. The fourth-order valence-electron chi connectivity index (χ4n) is 3.29. The molecule has 3 rings (SSSR count). The molecular weight excluding hydrogens is 392 g/mol. The number of methoxy groups -OCH3 is 1. The van der Waals surface area contributed by atoms with Gasteiger partial charge in [0.25, 0.3) is 0 Å². The molecule has 156 valence electrons. The number of hydrogen-bond acceptors (Lipinski definition) is 3. The molecule has 0 aliphatic rings. The molecule has 0 aliphatic carbocycles. The zero-order chi connectivity index (χ0) is 21.2. The largest absolute Gasteiger partial charge is 0.493 e. The van der Waals surface area contributed by atoms with Gasteiger partial charge in [0.05, 0.1) is 19.8 Å². The molecular formula is C25H28N2O2S. The van der Waals surface area contributed by atoms with Crippen LogP contribution in [0.3, 0.4) is 0 Å². The van der Waals surface area contributed by atoms with Gasteiger partial charge in [0.1, 0.15) is 0 Å². The van der Waals surface area contributed by atoms with Crippen LogP contribution in [0.25, 0.3) is 0 Å². The molecule has 4 nitrogen and oxygen atoms in total. The molecule has 0 bridgehead atoms. The zero-order valence-corrected chi connectivity index (χ0v) is 18.2. The van der Waals surface area contributed by atoms with E-state index in [4.69, 9.17) is 21.7 Å². The summed E-state index contributed by atoms with van der Waals surface area (Å²) in [6, 6.07) is 26.7. The summed E-state index contributed by atoms with van der Waals surface area (Å²) in [5.74, 6) is 1.52. The maximum atomic E-state index is 5.58. The van der Waals surface area contributed by atoms with E-state index in [0.717, 1.165) is 30.0 Å². The lowest BCUT2D eigenvalue weighted by molar-refractivity contribution is 0.310. The number of ether oxygens (including phenoxy) is 2. The molecule has 0 aromatic heterocycles. The van der Waals surface area contributed by atoms with Crippen LogP contribution >= 0.6 is 12.2 Å². The van der Waals surface area contributed by atoms with E-state index in [2.05, 4.69) is 41.0 Å². The Bertz CT molecular complexity index is 893. The predicted octanol–water partition coefficient (Wildman–Crippen LogP) is 4.89. The van der Waals surface area contributed by atoms with E-state index in [0.29, 0.717) is 11.7 Å². The highest BCUT2D eigenvalue weighted by Crippen LogP contribution is 2.28. The Kier molecular flexibility index (Phi) is 8.10. The maximum absolute atomic E-state index is 5.58. The van der Waals surface area contributed by atoms with Gasteiger partial charge in [-0.15, -0.1) is 0 Å². The van der Waals surface area contributed by atoms with Crippen molar-refractivity contribution >= 4 is 17.3 Å².